The standard InChI is InChI=1S/C14H20N4O2S/c1-3-12(4-2)18-9-7-11(17-18)10-21(19,20)14-13(15)6-5-8-16-14/h5-9,12H,3-4,10,15H2,1-2H3. The summed E-state index contributed by atoms with van der Waals surface area (Å²) in [4.78, 5) is 3.87. The topological polar surface area (TPSA) is 90.9 Å². The molecule has 0 aliphatic rings. The van der Waals surface area contributed by atoms with E-state index >= 15 is 0 Å². The Morgan fingerprint density at radius 1 is 1.29 bits per heavy atom. The molecule has 0 atom stereocenters. The van der Waals surface area contributed by atoms with Gasteiger partial charge < -0.3 is 5.73 Å². The second-order valence-electron chi connectivity index (χ2n) is 4.91. The lowest BCUT2D eigenvalue weighted by molar-refractivity contribution is 0.426. The normalized spacial score (nSPS) is 12.0. The van der Waals surface area contributed by atoms with E-state index in [2.05, 4.69) is 23.9 Å². The average Bonchev–Trinajstić information content (AvgIpc) is 2.88. The molecule has 2 aromatic heterocycles. The van der Waals surface area contributed by atoms with E-state index in [9.17, 15) is 8.42 Å². The van der Waals surface area contributed by atoms with Gasteiger partial charge in [0, 0.05) is 12.4 Å². The molecule has 0 spiro atoms. The zero-order chi connectivity index (χ0) is 15.5. The molecule has 0 aromatic carbocycles. The van der Waals surface area contributed by atoms with Gasteiger partial charge in [-0.25, -0.2) is 13.4 Å². The van der Waals surface area contributed by atoms with E-state index in [1.165, 1.54) is 12.3 Å². The van der Waals surface area contributed by atoms with Gasteiger partial charge in [-0.3, -0.25) is 4.68 Å². The molecule has 0 aliphatic carbocycles. The Labute approximate surface area is 124 Å². The zero-order valence-electron chi connectivity index (χ0n) is 12.2. The molecule has 0 fully saturated rings. The van der Waals surface area contributed by atoms with Gasteiger partial charge in [0.2, 0.25) is 9.84 Å². The largest absolute Gasteiger partial charge is 0.396 e. The summed E-state index contributed by atoms with van der Waals surface area (Å²) in [5.74, 6) is -0.193. The minimum absolute atomic E-state index is 0.0814. The van der Waals surface area contributed by atoms with Gasteiger partial charge in [-0.05, 0) is 31.0 Å². The first-order chi connectivity index (χ1) is 9.97. The van der Waals surface area contributed by atoms with E-state index in [0.717, 1.165) is 12.8 Å². The molecule has 2 aromatic rings. The fraction of sp³-hybridized carbons (Fsp3) is 0.429. The van der Waals surface area contributed by atoms with Crippen molar-refractivity contribution in [2.45, 2.75) is 43.5 Å². The third kappa shape index (κ3) is 3.41. The van der Waals surface area contributed by atoms with Crippen molar-refractivity contribution in [1.82, 2.24) is 14.8 Å². The molecule has 0 saturated heterocycles. The van der Waals surface area contributed by atoms with Gasteiger partial charge in [-0.1, -0.05) is 13.8 Å². The number of nitrogen functional groups attached to an aromatic ring is 1. The maximum atomic E-state index is 12.3. The van der Waals surface area contributed by atoms with Crippen molar-refractivity contribution in [1.29, 1.82) is 0 Å². The number of nitrogens with two attached hydrogens (primary N) is 1. The Bertz CT molecular complexity index is 705. The monoisotopic (exact) mass is 308 g/mol. The highest BCUT2D eigenvalue weighted by Crippen LogP contribution is 2.20. The van der Waals surface area contributed by atoms with Gasteiger partial charge in [0.05, 0.1) is 17.4 Å². The molecule has 21 heavy (non-hydrogen) atoms. The van der Waals surface area contributed by atoms with Crippen LogP contribution in [-0.4, -0.2) is 23.2 Å². The molecule has 7 heteroatoms. The van der Waals surface area contributed by atoms with Crippen molar-refractivity contribution in [3.05, 3.63) is 36.3 Å². The molecular formula is C14H20N4O2S. The Morgan fingerprint density at radius 2 is 2.00 bits per heavy atom. The molecule has 0 bridgehead atoms. The number of nitrogens with zero attached hydrogens (tertiary/aromatic N) is 3. The zero-order valence-corrected chi connectivity index (χ0v) is 13.0. The summed E-state index contributed by atoms with van der Waals surface area (Å²) in [5, 5.41) is 4.28. The van der Waals surface area contributed by atoms with E-state index in [4.69, 9.17) is 5.73 Å². The molecule has 6 nitrogen and oxygen atoms in total. The predicted octanol–water partition coefficient (Wildman–Crippen LogP) is 2.20. The van der Waals surface area contributed by atoms with E-state index in [1.54, 1.807) is 12.1 Å². The van der Waals surface area contributed by atoms with Gasteiger partial charge in [-0.15, -0.1) is 0 Å². The molecular weight excluding hydrogens is 288 g/mol. The van der Waals surface area contributed by atoms with Crippen molar-refractivity contribution in [3.63, 3.8) is 0 Å². The van der Waals surface area contributed by atoms with Crippen molar-refractivity contribution in [2.75, 3.05) is 5.73 Å². The first-order valence-corrected chi connectivity index (χ1v) is 8.60. The second kappa shape index (κ2) is 6.26. The number of sulfone groups is 1. The summed E-state index contributed by atoms with van der Waals surface area (Å²) in [6.45, 7) is 4.17. The molecule has 114 valence electrons. The third-order valence-electron chi connectivity index (χ3n) is 3.41. The Morgan fingerprint density at radius 3 is 2.62 bits per heavy atom. The van der Waals surface area contributed by atoms with E-state index < -0.39 is 9.84 Å². The summed E-state index contributed by atoms with van der Waals surface area (Å²) >= 11 is 0. The van der Waals surface area contributed by atoms with Crippen LogP contribution in [0.1, 0.15) is 38.4 Å². The number of hydrogen-bond acceptors (Lipinski definition) is 5. The van der Waals surface area contributed by atoms with Crippen LogP contribution in [0.25, 0.3) is 0 Å². The van der Waals surface area contributed by atoms with E-state index in [0.29, 0.717) is 11.7 Å². The highest BCUT2D eigenvalue weighted by atomic mass is 32.2. The average molecular weight is 308 g/mol. The lowest BCUT2D eigenvalue weighted by atomic mass is 10.2. The van der Waals surface area contributed by atoms with E-state index in [-0.39, 0.29) is 16.5 Å². The molecule has 0 aliphatic heterocycles. The quantitative estimate of drug-likeness (QED) is 0.883. The minimum Gasteiger partial charge on any atom is -0.396 e. The van der Waals surface area contributed by atoms with Crippen LogP contribution in [0.4, 0.5) is 5.69 Å². The van der Waals surface area contributed by atoms with Crippen molar-refractivity contribution in [2.24, 2.45) is 0 Å². The minimum atomic E-state index is -3.58. The third-order valence-corrected chi connectivity index (χ3v) is 5.02. The van der Waals surface area contributed by atoms with Crippen molar-refractivity contribution < 1.29 is 8.42 Å². The van der Waals surface area contributed by atoms with Crippen LogP contribution in [0.15, 0.2) is 35.6 Å². The van der Waals surface area contributed by atoms with Crippen LogP contribution in [0.3, 0.4) is 0 Å². The van der Waals surface area contributed by atoms with Crippen LogP contribution in [0, 0.1) is 0 Å². The second-order valence-corrected chi connectivity index (χ2v) is 6.82. The molecule has 0 saturated carbocycles. The van der Waals surface area contributed by atoms with Crippen molar-refractivity contribution >= 4 is 15.5 Å². The SMILES string of the molecule is CCC(CC)n1ccc(CS(=O)(=O)c2ncccc2N)n1. The highest BCUT2D eigenvalue weighted by molar-refractivity contribution is 7.90. The first-order valence-electron chi connectivity index (χ1n) is 6.95. The number of aromatic nitrogens is 3. The molecule has 0 unspecified atom stereocenters. The van der Waals surface area contributed by atoms with Gasteiger partial charge >= 0.3 is 0 Å². The van der Waals surface area contributed by atoms with Gasteiger partial charge in [0.25, 0.3) is 0 Å². The first kappa shape index (κ1) is 15.5. The summed E-state index contributed by atoms with van der Waals surface area (Å²) in [6.07, 6.45) is 5.16. The summed E-state index contributed by atoms with van der Waals surface area (Å²) in [7, 11) is -3.58. The number of hydrogen-bond donors (Lipinski definition) is 1. The van der Waals surface area contributed by atoms with Crippen LogP contribution >= 0.6 is 0 Å². The Hall–Kier alpha value is -1.89. The fourth-order valence-corrected chi connectivity index (χ4v) is 3.58. The number of rotatable bonds is 6. The Kier molecular flexibility index (Phi) is 4.62. The maximum absolute atomic E-state index is 12.3. The molecule has 2 N–H and O–H groups in total. The fourth-order valence-electron chi connectivity index (χ4n) is 2.25. The van der Waals surface area contributed by atoms with Crippen LogP contribution in [0.5, 0.6) is 0 Å². The van der Waals surface area contributed by atoms with Gasteiger partial charge in [0.1, 0.15) is 5.75 Å². The van der Waals surface area contributed by atoms with Gasteiger partial charge in [0.15, 0.2) is 5.03 Å². The molecule has 2 heterocycles. The van der Waals surface area contributed by atoms with Crippen LogP contribution in [0.2, 0.25) is 0 Å². The van der Waals surface area contributed by atoms with Crippen LogP contribution in [-0.2, 0) is 15.6 Å². The summed E-state index contributed by atoms with van der Waals surface area (Å²) in [6, 6.07) is 5.16. The smallest absolute Gasteiger partial charge is 0.203 e. The number of anilines is 1. The predicted molar refractivity (Wildman–Crippen MR) is 81.4 cm³/mol. The highest BCUT2D eigenvalue weighted by Gasteiger charge is 2.21. The number of pyridine rings is 1. The summed E-state index contributed by atoms with van der Waals surface area (Å²) < 4.78 is 26.5. The molecule has 0 amide bonds. The van der Waals surface area contributed by atoms with E-state index in [1.807, 2.05) is 10.9 Å². The lowest BCUT2D eigenvalue weighted by Gasteiger charge is -2.12. The van der Waals surface area contributed by atoms with Crippen molar-refractivity contribution in [3.8, 4) is 0 Å². The lowest BCUT2D eigenvalue weighted by Crippen LogP contribution is -2.12. The maximum Gasteiger partial charge on any atom is 0.203 e. The summed E-state index contributed by atoms with van der Waals surface area (Å²) in [5.41, 5.74) is 6.36. The molecule has 2 rings (SSSR count). The molecule has 0 radical (unpaired) electrons. The van der Waals surface area contributed by atoms with Crippen LogP contribution < -0.4 is 5.73 Å². The Balaban J connectivity index is 2.24. The van der Waals surface area contributed by atoms with Gasteiger partial charge in [-0.2, -0.15) is 5.10 Å².